The van der Waals surface area contributed by atoms with E-state index in [1.165, 1.54) is 0 Å². The van der Waals surface area contributed by atoms with Crippen LogP contribution in [0.5, 0.6) is 0 Å². The van der Waals surface area contributed by atoms with E-state index in [4.69, 9.17) is 5.73 Å². The highest BCUT2D eigenvalue weighted by Gasteiger charge is 2.08. The summed E-state index contributed by atoms with van der Waals surface area (Å²) in [6.45, 7) is 4.21. The third-order valence-corrected chi connectivity index (χ3v) is 2.20. The molecule has 2 N–H and O–H groups in total. The predicted molar refractivity (Wildman–Crippen MR) is 67.1 cm³/mol. The number of nitrogens with two attached hydrogens (primary N) is 1. The Morgan fingerprint density at radius 2 is 2.00 bits per heavy atom. The molecule has 0 spiro atoms. The van der Waals surface area contributed by atoms with E-state index < -0.39 is 0 Å². The van der Waals surface area contributed by atoms with Crippen LogP contribution in [0.1, 0.15) is 25.6 Å². The molecule has 5 heteroatoms. The Hall–Kier alpha value is -1.55. The Morgan fingerprint density at radius 3 is 2.56 bits per heavy atom. The van der Waals surface area contributed by atoms with Crippen molar-refractivity contribution in [1.82, 2.24) is 14.5 Å². The Labute approximate surface area is 101 Å². The van der Waals surface area contributed by atoms with Crippen LogP contribution in [-0.4, -0.2) is 14.5 Å². The molecule has 2 rings (SSSR count). The molecule has 0 saturated carbocycles. The van der Waals surface area contributed by atoms with Gasteiger partial charge in [-0.15, -0.1) is 12.4 Å². The smallest absolute Gasteiger partial charge is 0.138 e. The van der Waals surface area contributed by atoms with Gasteiger partial charge in [-0.05, 0) is 12.1 Å². The van der Waals surface area contributed by atoms with Gasteiger partial charge >= 0.3 is 0 Å². The highest BCUT2D eigenvalue weighted by Crippen LogP contribution is 2.16. The molecule has 0 aliphatic heterocycles. The van der Waals surface area contributed by atoms with Gasteiger partial charge in [0.25, 0.3) is 0 Å². The van der Waals surface area contributed by atoms with Crippen molar-refractivity contribution in [2.45, 2.75) is 19.8 Å². The highest BCUT2D eigenvalue weighted by molar-refractivity contribution is 5.85. The molecule has 86 valence electrons. The highest BCUT2D eigenvalue weighted by atomic mass is 35.5. The second-order valence-electron chi connectivity index (χ2n) is 3.76. The lowest BCUT2D eigenvalue weighted by atomic mass is 10.2. The van der Waals surface area contributed by atoms with E-state index in [-0.39, 0.29) is 12.4 Å². The van der Waals surface area contributed by atoms with Crippen LogP contribution >= 0.6 is 12.4 Å². The van der Waals surface area contributed by atoms with Crippen LogP contribution in [0.15, 0.2) is 30.7 Å². The zero-order valence-electron chi connectivity index (χ0n) is 9.29. The van der Waals surface area contributed by atoms with Gasteiger partial charge in [-0.25, -0.2) is 9.97 Å². The van der Waals surface area contributed by atoms with Crippen LogP contribution in [0.4, 0.5) is 5.69 Å². The van der Waals surface area contributed by atoms with E-state index in [9.17, 15) is 0 Å². The number of hydrogen-bond donors (Lipinski definition) is 1. The second-order valence-corrected chi connectivity index (χ2v) is 3.76. The van der Waals surface area contributed by atoms with Crippen LogP contribution in [0.25, 0.3) is 5.82 Å². The minimum absolute atomic E-state index is 0. The first-order valence-corrected chi connectivity index (χ1v) is 4.93. The third kappa shape index (κ3) is 2.33. The Morgan fingerprint density at radius 1 is 1.25 bits per heavy atom. The number of halogens is 1. The van der Waals surface area contributed by atoms with Gasteiger partial charge in [-0.3, -0.25) is 4.57 Å². The molecule has 0 saturated heterocycles. The van der Waals surface area contributed by atoms with E-state index in [1.807, 2.05) is 22.9 Å². The van der Waals surface area contributed by atoms with E-state index in [2.05, 4.69) is 23.8 Å². The molecule has 0 atom stereocenters. The number of pyridine rings is 1. The number of nitrogens with zero attached hydrogens (tertiary/aromatic N) is 3. The molecule has 2 aromatic heterocycles. The molecule has 0 bridgehead atoms. The molecule has 2 heterocycles. The van der Waals surface area contributed by atoms with Crippen LogP contribution in [0.3, 0.4) is 0 Å². The van der Waals surface area contributed by atoms with Crippen LogP contribution < -0.4 is 5.73 Å². The zero-order valence-corrected chi connectivity index (χ0v) is 10.1. The Kier molecular flexibility index (Phi) is 3.90. The van der Waals surface area contributed by atoms with Gasteiger partial charge in [-0.2, -0.15) is 0 Å². The number of rotatable bonds is 2. The SMILES string of the molecule is CC(C)c1nccn1-c1ccc(N)cn1.Cl. The number of aromatic nitrogens is 3. The Balaban J connectivity index is 0.00000128. The first-order valence-electron chi connectivity index (χ1n) is 4.93. The first-order chi connectivity index (χ1) is 7.18. The molecule has 0 aromatic carbocycles. The molecule has 0 aliphatic rings. The van der Waals surface area contributed by atoms with Gasteiger partial charge in [0.2, 0.25) is 0 Å². The molecular formula is C11H15ClN4. The summed E-state index contributed by atoms with van der Waals surface area (Å²) in [5, 5.41) is 0. The summed E-state index contributed by atoms with van der Waals surface area (Å²) in [5.74, 6) is 2.23. The lowest BCUT2D eigenvalue weighted by Crippen LogP contribution is -2.04. The minimum Gasteiger partial charge on any atom is -0.397 e. The molecule has 16 heavy (non-hydrogen) atoms. The van der Waals surface area contributed by atoms with Crippen molar-refractivity contribution in [2.24, 2.45) is 0 Å². The van der Waals surface area contributed by atoms with Crippen molar-refractivity contribution in [3.05, 3.63) is 36.5 Å². The summed E-state index contributed by atoms with van der Waals surface area (Å²) in [6, 6.07) is 3.73. The van der Waals surface area contributed by atoms with Gasteiger partial charge in [0, 0.05) is 18.3 Å². The first kappa shape index (κ1) is 12.5. The van der Waals surface area contributed by atoms with Crippen molar-refractivity contribution in [1.29, 1.82) is 0 Å². The molecule has 4 nitrogen and oxygen atoms in total. The largest absolute Gasteiger partial charge is 0.397 e. The standard InChI is InChI=1S/C11H14N4.ClH/c1-8(2)11-13-5-6-15(11)10-4-3-9(12)7-14-10;/h3-8H,12H2,1-2H3;1H. The van der Waals surface area contributed by atoms with E-state index in [0.717, 1.165) is 11.6 Å². The number of imidazole rings is 1. The van der Waals surface area contributed by atoms with Gasteiger partial charge in [0.05, 0.1) is 11.9 Å². The average molecular weight is 239 g/mol. The number of hydrogen-bond acceptors (Lipinski definition) is 3. The van der Waals surface area contributed by atoms with E-state index in [1.54, 1.807) is 12.4 Å². The summed E-state index contributed by atoms with van der Waals surface area (Å²) in [5.41, 5.74) is 6.26. The fourth-order valence-corrected chi connectivity index (χ4v) is 1.48. The van der Waals surface area contributed by atoms with Gasteiger partial charge in [0.15, 0.2) is 0 Å². The van der Waals surface area contributed by atoms with Gasteiger partial charge < -0.3 is 5.73 Å². The summed E-state index contributed by atoms with van der Waals surface area (Å²) in [6.07, 6.45) is 5.35. The van der Waals surface area contributed by atoms with Crippen LogP contribution in [-0.2, 0) is 0 Å². The maximum atomic E-state index is 5.59. The lowest BCUT2D eigenvalue weighted by Gasteiger charge is -2.09. The lowest BCUT2D eigenvalue weighted by molar-refractivity contribution is 0.744. The Bertz CT molecular complexity index is 447. The molecule has 0 fully saturated rings. The topological polar surface area (TPSA) is 56.7 Å². The van der Waals surface area contributed by atoms with Crippen molar-refractivity contribution in [3.8, 4) is 5.82 Å². The maximum absolute atomic E-state index is 5.59. The van der Waals surface area contributed by atoms with E-state index in [0.29, 0.717) is 11.6 Å². The van der Waals surface area contributed by atoms with Gasteiger partial charge in [-0.1, -0.05) is 13.8 Å². The molecule has 0 aliphatic carbocycles. The van der Waals surface area contributed by atoms with Crippen molar-refractivity contribution >= 4 is 18.1 Å². The van der Waals surface area contributed by atoms with E-state index >= 15 is 0 Å². The fraction of sp³-hybridized carbons (Fsp3) is 0.273. The zero-order chi connectivity index (χ0) is 10.8. The minimum atomic E-state index is 0. The fourth-order valence-electron chi connectivity index (χ4n) is 1.48. The molecule has 2 aromatic rings. The summed E-state index contributed by atoms with van der Waals surface area (Å²) < 4.78 is 1.98. The van der Waals surface area contributed by atoms with Crippen LogP contribution in [0.2, 0.25) is 0 Å². The van der Waals surface area contributed by atoms with Crippen molar-refractivity contribution in [3.63, 3.8) is 0 Å². The van der Waals surface area contributed by atoms with Gasteiger partial charge in [0.1, 0.15) is 11.6 Å². The molecule has 0 radical (unpaired) electrons. The number of nitrogen functional groups attached to an aromatic ring is 1. The van der Waals surface area contributed by atoms with Crippen LogP contribution in [0, 0.1) is 0 Å². The van der Waals surface area contributed by atoms with Crippen molar-refractivity contribution in [2.75, 3.05) is 5.73 Å². The molecular weight excluding hydrogens is 224 g/mol. The quantitative estimate of drug-likeness (QED) is 0.874. The maximum Gasteiger partial charge on any atom is 0.138 e. The third-order valence-electron chi connectivity index (χ3n) is 2.20. The predicted octanol–water partition coefficient (Wildman–Crippen LogP) is 2.39. The summed E-state index contributed by atoms with van der Waals surface area (Å²) >= 11 is 0. The monoisotopic (exact) mass is 238 g/mol. The second kappa shape index (κ2) is 4.99. The number of anilines is 1. The summed E-state index contributed by atoms with van der Waals surface area (Å²) in [7, 11) is 0. The molecule has 0 amide bonds. The molecule has 0 unspecified atom stereocenters. The summed E-state index contributed by atoms with van der Waals surface area (Å²) in [4.78, 5) is 8.57. The average Bonchev–Trinajstić information content (AvgIpc) is 2.67. The van der Waals surface area contributed by atoms with Crippen molar-refractivity contribution < 1.29 is 0 Å². The normalized spacial score (nSPS) is 10.2.